The van der Waals surface area contributed by atoms with Crippen LogP contribution in [-0.4, -0.2) is 42.8 Å². The Morgan fingerprint density at radius 1 is 1.17 bits per heavy atom. The summed E-state index contributed by atoms with van der Waals surface area (Å²) in [6.45, 7) is 9.55. The van der Waals surface area contributed by atoms with Gasteiger partial charge in [0.05, 0.1) is 0 Å². The number of carbonyl (C=O) groups is 1. The van der Waals surface area contributed by atoms with Crippen molar-refractivity contribution >= 4 is 47.6 Å². The van der Waals surface area contributed by atoms with Crippen LogP contribution in [0.15, 0.2) is 40.2 Å². The number of aliphatic imine (C=N–C) groups is 1. The summed E-state index contributed by atoms with van der Waals surface area (Å²) in [4.78, 5) is 17.4. The van der Waals surface area contributed by atoms with Gasteiger partial charge in [-0.25, -0.2) is 4.99 Å². The monoisotopic (exact) mass is 464 g/mol. The van der Waals surface area contributed by atoms with Crippen molar-refractivity contribution in [3.63, 3.8) is 0 Å². The lowest BCUT2D eigenvalue weighted by Crippen LogP contribution is -2.43. The van der Waals surface area contributed by atoms with Gasteiger partial charge in [-0.2, -0.15) is 0 Å². The molecular weight excluding hydrogens is 435 g/mol. The van der Waals surface area contributed by atoms with E-state index in [4.69, 9.17) is 0 Å². The van der Waals surface area contributed by atoms with Gasteiger partial charge in [0.1, 0.15) is 6.54 Å². The minimum atomic E-state index is -0.231. The van der Waals surface area contributed by atoms with Crippen LogP contribution in [-0.2, 0) is 4.79 Å². The first-order valence-electron chi connectivity index (χ1n) is 7.92. The van der Waals surface area contributed by atoms with Gasteiger partial charge >= 0.3 is 0 Å². The number of carbonyl (C=O) groups excluding carboxylic acids is 1. The Morgan fingerprint density at radius 2 is 1.83 bits per heavy atom. The third kappa shape index (κ3) is 11.6. The third-order valence-electron chi connectivity index (χ3n) is 2.65. The number of hydrogen-bond acceptors (Lipinski definition) is 3. The van der Waals surface area contributed by atoms with Gasteiger partial charge in [-0.1, -0.05) is 18.2 Å². The lowest BCUT2D eigenvalue weighted by Gasteiger charge is -2.20. The Morgan fingerprint density at radius 3 is 2.42 bits per heavy atom. The van der Waals surface area contributed by atoms with Crippen LogP contribution in [0.25, 0.3) is 0 Å². The van der Waals surface area contributed by atoms with E-state index in [1.807, 2.05) is 45.9 Å². The molecule has 0 bridgehead atoms. The molecule has 0 atom stereocenters. The molecule has 0 aliphatic rings. The fourth-order valence-corrected chi connectivity index (χ4v) is 2.59. The second-order valence-corrected chi connectivity index (χ2v) is 7.25. The van der Waals surface area contributed by atoms with Gasteiger partial charge in [-0.05, 0) is 39.8 Å². The van der Waals surface area contributed by atoms with Crippen molar-refractivity contribution < 1.29 is 4.79 Å². The topological polar surface area (TPSA) is 65.5 Å². The molecule has 136 valence electrons. The summed E-state index contributed by atoms with van der Waals surface area (Å²) in [6, 6.07) is 10.3. The largest absolute Gasteiger partial charge is 0.357 e. The van der Waals surface area contributed by atoms with Crippen molar-refractivity contribution in [1.29, 1.82) is 0 Å². The van der Waals surface area contributed by atoms with Crippen molar-refractivity contribution in [2.24, 2.45) is 4.99 Å². The number of hydrogen-bond donors (Lipinski definition) is 3. The van der Waals surface area contributed by atoms with E-state index in [0.29, 0.717) is 5.96 Å². The standard InChI is InChI=1S/C17H28N4OS.HI/c1-5-18-16(20-13-15(22)21-17(2,3)4)19-11-12-23-14-9-7-6-8-10-14;/h6-10H,5,11-13H2,1-4H3,(H,21,22)(H2,18,19,20);1H. The Balaban J connectivity index is 0.00000529. The Kier molecular flexibility index (Phi) is 11.9. The first-order chi connectivity index (χ1) is 10.9. The number of thioether (sulfide) groups is 1. The van der Waals surface area contributed by atoms with Gasteiger partial charge in [-0.3, -0.25) is 4.79 Å². The fraction of sp³-hybridized carbons (Fsp3) is 0.529. The van der Waals surface area contributed by atoms with E-state index in [1.54, 1.807) is 11.8 Å². The summed E-state index contributed by atoms with van der Waals surface area (Å²) in [5, 5.41) is 9.30. The second-order valence-electron chi connectivity index (χ2n) is 6.08. The lowest BCUT2D eigenvalue weighted by atomic mass is 10.1. The van der Waals surface area contributed by atoms with Crippen molar-refractivity contribution in [1.82, 2.24) is 16.0 Å². The highest BCUT2D eigenvalue weighted by Crippen LogP contribution is 2.15. The van der Waals surface area contributed by atoms with Crippen LogP contribution in [0.1, 0.15) is 27.7 Å². The third-order valence-corrected chi connectivity index (χ3v) is 3.66. The zero-order chi connectivity index (χ0) is 17.1. The molecule has 0 aliphatic heterocycles. The molecule has 0 aliphatic carbocycles. The van der Waals surface area contributed by atoms with Gasteiger partial charge in [0.2, 0.25) is 5.91 Å². The van der Waals surface area contributed by atoms with Gasteiger partial charge in [0, 0.05) is 29.3 Å². The van der Waals surface area contributed by atoms with E-state index in [1.165, 1.54) is 4.90 Å². The molecule has 1 aromatic rings. The number of guanidine groups is 1. The molecule has 0 spiro atoms. The smallest absolute Gasteiger partial charge is 0.242 e. The van der Waals surface area contributed by atoms with Gasteiger partial charge in [0.25, 0.3) is 0 Å². The van der Waals surface area contributed by atoms with E-state index in [-0.39, 0.29) is 42.0 Å². The van der Waals surface area contributed by atoms with Crippen LogP contribution < -0.4 is 16.0 Å². The molecule has 1 rings (SSSR count). The number of amides is 1. The minimum Gasteiger partial charge on any atom is -0.357 e. The maximum atomic E-state index is 11.8. The molecule has 0 heterocycles. The van der Waals surface area contributed by atoms with Gasteiger partial charge < -0.3 is 16.0 Å². The summed E-state index contributed by atoms with van der Waals surface area (Å²) in [5.41, 5.74) is -0.231. The molecular formula is C17H29IN4OS. The molecule has 1 aromatic carbocycles. The number of halogens is 1. The predicted octanol–water partition coefficient (Wildman–Crippen LogP) is 2.87. The average Bonchev–Trinajstić information content (AvgIpc) is 2.48. The molecule has 5 nitrogen and oxygen atoms in total. The van der Waals surface area contributed by atoms with E-state index in [9.17, 15) is 4.79 Å². The number of nitrogens with zero attached hydrogens (tertiary/aromatic N) is 1. The Labute approximate surface area is 166 Å². The maximum Gasteiger partial charge on any atom is 0.242 e. The molecule has 0 fully saturated rings. The van der Waals surface area contributed by atoms with Crippen molar-refractivity contribution in [2.75, 3.05) is 25.4 Å². The van der Waals surface area contributed by atoms with Crippen LogP contribution in [0, 0.1) is 0 Å². The van der Waals surface area contributed by atoms with Crippen LogP contribution in [0.3, 0.4) is 0 Å². The SMILES string of the molecule is CCNC(=NCC(=O)NC(C)(C)C)NCCSc1ccccc1.I. The van der Waals surface area contributed by atoms with Gasteiger partial charge in [-0.15, -0.1) is 35.7 Å². The van der Waals surface area contributed by atoms with Crippen molar-refractivity contribution in [3.8, 4) is 0 Å². The predicted molar refractivity (Wildman–Crippen MR) is 114 cm³/mol. The summed E-state index contributed by atoms with van der Waals surface area (Å²) < 4.78 is 0. The highest BCUT2D eigenvalue weighted by atomic mass is 127. The van der Waals surface area contributed by atoms with Crippen LogP contribution >= 0.6 is 35.7 Å². The van der Waals surface area contributed by atoms with Crippen LogP contribution in [0.2, 0.25) is 0 Å². The van der Waals surface area contributed by atoms with Crippen LogP contribution in [0.4, 0.5) is 0 Å². The number of benzene rings is 1. The van der Waals surface area contributed by atoms with E-state index in [2.05, 4.69) is 33.1 Å². The van der Waals surface area contributed by atoms with Crippen molar-refractivity contribution in [3.05, 3.63) is 30.3 Å². The van der Waals surface area contributed by atoms with Crippen molar-refractivity contribution in [2.45, 2.75) is 38.1 Å². The molecule has 0 unspecified atom stereocenters. The quantitative estimate of drug-likeness (QED) is 0.191. The summed E-state index contributed by atoms with van der Waals surface area (Å²) >= 11 is 1.79. The first-order valence-corrected chi connectivity index (χ1v) is 8.90. The molecule has 3 N–H and O–H groups in total. The molecule has 1 amide bonds. The highest BCUT2D eigenvalue weighted by molar-refractivity contribution is 14.0. The Bertz CT molecular complexity index is 503. The zero-order valence-electron chi connectivity index (χ0n) is 14.9. The normalized spacial score (nSPS) is 11.4. The maximum absolute atomic E-state index is 11.8. The zero-order valence-corrected chi connectivity index (χ0v) is 18.0. The first kappa shape index (κ1) is 23.0. The van der Waals surface area contributed by atoms with Crippen LogP contribution in [0.5, 0.6) is 0 Å². The minimum absolute atomic E-state index is 0. The van der Waals surface area contributed by atoms with E-state index < -0.39 is 0 Å². The van der Waals surface area contributed by atoms with E-state index in [0.717, 1.165) is 18.8 Å². The Hall–Kier alpha value is -0.960. The molecule has 0 saturated carbocycles. The average molecular weight is 464 g/mol. The molecule has 0 saturated heterocycles. The van der Waals surface area contributed by atoms with E-state index >= 15 is 0 Å². The lowest BCUT2D eigenvalue weighted by molar-refractivity contribution is -0.121. The second kappa shape index (κ2) is 12.4. The fourth-order valence-electron chi connectivity index (χ4n) is 1.81. The number of nitrogens with one attached hydrogen (secondary N) is 3. The van der Waals surface area contributed by atoms with Gasteiger partial charge in [0.15, 0.2) is 5.96 Å². The number of rotatable bonds is 7. The summed E-state index contributed by atoms with van der Waals surface area (Å²) in [5.74, 6) is 1.53. The molecule has 7 heteroatoms. The summed E-state index contributed by atoms with van der Waals surface area (Å²) in [7, 11) is 0. The molecule has 0 radical (unpaired) electrons. The molecule has 0 aromatic heterocycles. The summed E-state index contributed by atoms with van der Waals surface area (Å²) in [6.07, 6.45) is 0. The highest BCUT2D eigenvalue weighted by Gasteiger charge is 2.13. The molecule has 24 heavy (non-hydrogen) atoms.